The minimum Gasteiger partial charge on any atom is -0.350 e. The molecule has 1 fully saturated rings. The van der Waals surface area contributed by atoms with E-state index in [1.54, 1.807) is 0 Å². The normalized spacial score (nSPS) is 20.2. The number of hydrogen-bond acceptors (Lipinski definition) is 2. The molecule has 0 aliphatic carbocycles. The zero-order valence-electron chi connectivity index (χ0n) is 11.3. The fraction of sp³-hybridized carbons (Fsp3) is 0.533. The summed E-state index contributed by atoms with van der Waals surface area (Å²) in [5.74, 6) is 0.830. The van der Waals surface area contributed by atoms with Gasteiger partial charge in [-0.1, -0.05) is 28.1 Å². The second-order valence-corrected chi connectivity index (χ2v) is 6.15. The van der Waals surface area contributed by atoms with E-state index in [-0.39, 0.29) is 11.9 Å². The lowest BCUT2D eigenvalue weighted by Crippen LogP contribution is -2.27. The van der Waals surface area contributed by atoms with E-state index in [1.165, 1.54) is 6.42 Å². The maximum Gasteiger partial charge on any atom is 0.220 e. The Bertz CT molecular complexity index is 413. The first-order valence-corrected chi connectivity index (χ1v) is 7.70. The first-order valence-electron chi connectivity index (χ1n) is 6.90. The van der Waals surface area contributed by atoms with Crippen LogP contribution in [0.1, 0.15) is 37.8 Å². The largest absolute Gasteiger partial charge is 0.350 e. The van der Waals surface area contributed by atoms with Crippen LogP contribution < -0.4 is 10.6 Å². The third kappa shape index (κ3) is 4.62. The highest BCUT2D eigenvalue weighted by Gasteiger charge is 2.16. The lowest BCUT2D eigenvalue weighted by molar-refractivity contribution is -0.122. The van der Waals surface area contributed by atoms with Gasteiger partial charge in [0.1, 0.15) is 0 Å². The number of amides is 1. The minimum atomic E-state index is 0.0716. The molecule has 2 rings (SSSR count). The van der Waals surface area contributed by atoms with Crippen molar-refractivity contribution in [1.82, 2.24) is 10.6 Å². The molecule has 2 N–H and O–H groups in total. The van der Waals surface area contributed by atoms with Gasteiger partial charge in [0.15, 0.2) is 0 Å². The SMILES string of the molecule is CC(NC(=O)CCC1CCNC1)c1ccc(Br)cc1. The lowest BCUT2D eigenvalue weighted by Gasteiger charge is -2.15. The second kappa shape index (κ2) is 7.06. The van der Waals surface area contributed by atoms with E-state index >= 15 is 0 Å². The van der Waals surface area contributed by atoms with E-state index in [1.807, 2.05) is 31.2 Å². The molecule has 19 heavy (non-hydrogen) atoms. The summed E-state index contributed by atoms with van der Waals surface area (Å²) >= 11 is 3.41. The van der Waals surface area contributed by atoms with Gasteiger partial charge >= 0.3 is 0 Å². The van der Waals surface area contributed by atoms with Crippen LogP contribution in [0.5, 0.6) is 0 Å². The summed E-state index contributed by atoms with van der Waals surface area (Å²) in [5, 5.41) is 6.40. The Hall–Kier alpha value is -0.870. The molecule has 2 unspecified atom stereocenters. The molecule has 104 valence electrons. The number of rotatable bonds is 5. The van der Waals surface area contributed by atoms with E-state index in [2.05, 4.69) is 26.6 Å². The van der Waals surface area contributed by atoms with Crippen molar-refractivity contribution in [2.45, 2.75) is 32.2 Å². The Kier molecular flexibility index (Phi) is 5.40. The Morgan fingerprint density at radius 3 is 2.84 bits per heavy atom. The van der Waals surface area contributed by atoms with E-state index in [0.717, 1.165) is 29.5 Å². The topological polar surface area (TPSA) is 41.1 Å². The summed E-state index contributed by atoms with van der Waals surface area (Å²) in [4.78, 5) is 11.9. The first kappa shape index (κ1) is 14.5. The zero-order valence-corrected chi connectivity index (χ0v) is 12.9. The molecular formula is C15H21BrN2O. The van der Waals surface area contributed by atoms with Crippen molar-refractivity contribution in [3.05, 3.63) is 34.3 Å². The average molecular weight is 325 g/mol. The van der Waals surface area contributed by atoms with Gasteiger partial charge in [-0.3, -0.25) is 4.79 Å². The summed E-state index contributed by atoms with van der Waals surface area (Å²) in [7, 11) is 0. The molecule has 0 saturated carbocycles. The number of carbonyl (C=O) groups excluding carboxylic acids is 1. The highest BCUT2D eigenvalue weighted by Crippen LogP contribution is 2.18. The summed E-state index contributed by atoms with van der Waals surface area (Å²) in [5.41, 5.74) is 1.14. The van der Waals surface area contributed by atoms with Crippen molar-refractivity contribution in [1.29, 1.82) is 0 Å². The fourth-order valence-electron chi connectivity index (χ4n) is 2.44. The fourth-order valence-corrected chi connectivity index (χ4v) is 2.71. The van der Waals surface area contributed by atoms with Crippen molar-refractivity contribution in [2.24, 2.45) is 5.92 Å². The summed E-state index contributed by atoms with van der Waals surface area (Å²) in [6, 6.07) is 8.15. The summed E-state index contributed by atoms with van der Waals surface area (Å²) in [6.07, 6.45) is 2.83. The highest BCUT2D eigenvalue weighted by molar-refractivity contribution is 9.10. The summed E-state index contributed by atoms with van der Waals surface area (Å²) < 4.78 is 1.06. The third-order valence-corrected chi connectivity index (χ3v) is 4.22. The Morgan fingerprint density at radius 2 is 2.21 bits per heavy atom. The number of hydrogen-bond donors (Lipinski definition) is 2. The number of halogens is 1. The molecule has 4 heteroatoms. The molecule has 3 nitrogen and oxygen atoms in total. The van der Waals surface area contributed by atoms with E-state index in [4.69, 9.17) is 0 Å². The van der Waals surface area contributed by atoms with Crippen molar-refractivity contribution in [2.75, 3.05) is 13.1 Å². The van der Waals surface area contributed by atoms with Crippen LogP contribution in [-0.4, -0.2) is 19.0 Å². The molecule has 1 aliphatic heterocycles. The first-order chi connectivity index (χ1) is 9.15. The van der Waals surface area contributed by atoms with E-state index in [0.29, 0.717) is 12.3 Å². The van der Waals surface area contributed by atoms with Crippen LogP contribution in [0, 0.1) is 5.92 Å². The van der Waals surface area contributed by atoms with Crippen LogP contribution in [-0.2, 0) is 4.79 Å². The van der Waals surface area contributed by atoms with Gasteiger partial charge in [-0.2, -0.15) is 0 Å². The molecular weight excluding hydrogens is 304 g/mol. The Balaban J connectivity index is 1.76. The van der Waals surface area contributed by atoms with Crippen LogP contribution in [0.2, 0.25) is 0 Å². The molecule has 0 aromatic heterocycles. The highest BCUT2D eigenvalue weighted by atomic mass is 79.9. The second-order valence-electron chi connectivity index (χ2n) is 5.24. The van der Waals surface area contributed by atoms with Crippen molar-refractivity contribution in [3.8, 4) is 0 Å². The molecule has 0 bridgehead atoms. The van der Waals surface area contributed by atoms with Crippen LogP contribution >= 0.6 is 15.9 Å². The molecule has 1 heterocycles. The van der Waals surface area contributed by atoms with Gasteiger partial charge in [0.05, 0.1) is 6.04 Å². The van der Waals surface area contributed by atoms with Gasteiger partial charge in [0.25, 0.3) is 0 Å². The molecule has 1 aromatic carbocycles. The maximum absolute atomic E-state index is 11.9. The third-order valence-electron chi connectivity index (χ3n) is 3.69. The van der Waals surface area contributed by atoms with Crippen molar-refractivity contribution >= 4 is 21.8 Å². The van der Waals surface area contributed by atoms with E-state index < -0.39 is 0 Å². The molecule has 0 radical (unpaired) electrons. The predicted molar refractivity (Wildman–Crippen MR) is 80.9 cm³/mol. The molecule has 1 amide bonds. The summed E-state index contributed by atoms with van der Waals surface area (Å²) in [6.45, 7) is 4.19. The Labute approximate surface area is 123 Å². The molecule has 1 saturated heterocycles. The zero-order chi connectivity index (χ0) is 13.7. The van der Waals surface area contributed by atoms with Crippen molar-refractivity contribution in [3.63, 3.8) is 0 Å². The standard InChI is InChI=1S/C15H21BrN2O/c1-11(13-3-5-14(16)6-4-13)18-15(19)7-2-12-8-9-17-10-12/h3-6,11-12,17H,2,7-10H2,1H3,(H,18,19). The van der Waals surface area contributed by atoms with Gasteiger partial charge in [-0.15, -0.1) is 0 Å². The van der Waals surface area contributed by atoms with Crippen LogP contribution in [0.4, 0.5) is 0 Å². The maximum atomic E-state index is 11.9. The van der Waals surface area contributed by atoms with Crippen LogP contribution in [0.3, 0.4) is 0 Å². The molecule has 0 spiro atoms. The number of carbonyl (C=O) groups is 1. The van der Waals surface area contributed by atoms with Gasteiger partial charge in [-0.25, -0.2) is 0 Å². The Morgan fingerprint density at radius 1 is 1.47 bits per heavy atom. The molecule has 1 aromatic rings. The van der Waals surface area contributed by atoms with Gasteiger partial charge in [0.2, 0.25) is 5.91 Å². The minimum absolute atomic E-state index is 0.0716. The number of nitrogens with one attached hydrogen (secondary N) is 2. The average Bonchev–Trinajstić information content (AvgIpc) is 2.90. The van der Waals surface area contributed by atoms with Gasteiger partial charge in [0, 0.05) is 10.9 Å². The van der Waals surface area contributed by atoms with Crippen molar-refractivity contribution < 1.29 is 4.79 Å². The van der Waals surface area contributed by atoms with Gasteiger partial charge in [-0.05, 0) is 56.5 Å². The molecule has 1 aliphatic rings. The van der Waals surface area contributed by atoms with Crippen LogP contribution in [0.25, 0.3) is 0 Å². The quantitative estimate of drug-likeness (QED) is 0.874. The monoisotopic (exact) mass is 324 g/mol. The number of benzene rings is 1. The van der Waals surface area contributed by atoms with Gasteiger partial charge < -0.3 is 10.6 Å². The lowest BCUT2D eigenvalue weighted by atomic mass is 10.0. The molecule has 2 atom stereocenters. The smallest absolute Gasteiger partial charge is 0.220 e. The van der Waals surface area contributed by atoms with E-state index in [9.17, 15) is 4.79 Å². The van der Waals surface area contributed by atoms with Crippen LogP contribution in [0.15, 0.2) is 28.7 Å². The predicted octanol–water partition coefficient (Wildman–Crippen LogP) is 3.02.